The second kappa shape index (κ2) is 5.06. The number of nitrogens with zero attached hydrogens (tertiary/aromatic N) is 3. The summed E-state index contributed by atoms with van der Waals surface area (Å²) >= 11 is 14.8. The number of carbonyl (C=O) groups excluding carboxylic acids is 1. The third-order valence-electron chi connectivity index (χ3n) is 2.46. The van der Waals surface area contributed by atoms with E-state index in [1.165, 1.54) is 4.90 Å². The van der Waals surface area contributed by atoms with Crippen LogP contribution in [0.2, 0.25) is 10.3 Å². The van der Waals surface area contributed by atoms with Crippen LogP contribution in [0.4, 0.5) is 5.95 Å². The highest BCUT2D eigenvalue weighted by Gasteiger charge is 2.32. The third-order valence-corrected chi connectivity index (χ3v) is 4.22. The molecule has 1 saturated heterocycles. The SMILES string of the molecule is O=C1CC(CO)CN1c1nc(Cl)c(Br)c(Cl)n1. The van der Waals surface area contributed by atoms with Crippen molar-refractivity contribution in [2.45, 2.75) is 6.42 Å². The van der Waals surface area contributed by atoms with E-state index in [2.05, 4.69) is 25.9 Å². The standard InChI is InChI=1S/C9H8BrCl2N3O2/c10-6-7(11)13-9(14-8(6)12)15-2-4(3-16)1-5(15)17/h4,16H,1-3H2. The lowest BCUT2D eigenvalue weighted by Crippen LogP contribution is -2.27. The Morgan fingerprint density at radius 2 is 2.00 bits per heavy atom. The molecule has 1 aromatic heterocycles. The van der Waals surface area contributed by atoms with Gasteiger partial charge in [0.1, 0.15) is 10.3 Å². The van der Waals surface area contributed by atoms with Crippen molar-refractivity contribution in [3.63, 3.8) is 0 Å². The number of amides is 1. The fourth-order valence-electron chi connectivity index (χ4n) is 1.60. The Morgan fingerprint density at radius 1 is 1.41 bits per heavy atom. The maximum absolute atomic E-state index is 11.7. The maximum Gasteiger partial charge on any atom is 0.235 e. The minimum Gasteiger partial charge on any atom is -0.396 e. The van der Waals surface area contributed by atoms with E-state index in [0.717, 1.165) is 0 Å². The van der Waals surface area contributed by atoms with Crippen molar-refractivity contribution >= 4 is 51.0 Å². The fraction of sp³-hybridized carbons (Fsp3) is 0.444. The number of aliphatic hydroxyl groups is 1. The largest absolute Gasteiger partial charge is 0.396 e. The highest BCUT2D eigenvalue weighted by Crippen LogP contribution is 2.31. The van der Waals surface area contributed by atoms with Gasteiger partial charge < -0.3 is 5.11 Å². The molecule has 0 bridgehead atoms. The average molecular weight is 341 g/mol. The highest BCUT2D eigenvalue weighted by atomic mass is 79.9. The van der Waals surface area contributed by atoms with Crippen LogP contribution in [0.15, 0.2) is 4.47 Å². The molecule has 1 aromatic rings. The van der Waals surface area contributed by atoms with Crippen molar-refractivity contribution in [3.8, 4) is 0 Å². The lowest BCUT2D eigenvalue weighted by molar-refractivity contribution is -0.117. The molecule has 0 radical (unpaired) electrons. The molecule has 1 atom stereocenters. The van der Waals surface area contributed by atoms with E-state index < -0.39 is 0 Å². The van der Waals surface area contributed by atoms with E-state index in [1.807, 2.05) is 0 Å². The second-order valence-electron chi connectivity index (χ2n) is 3.68. The topological polar surface area (TPSA) is 66.3 Å². The zero-order valence-corrected chi connectivity index (χ0v) is 11.6. The first-order valence-corrected chi connectivity index (χ1v) is 6.37. The van der Waals surface area contributed by atoms with Crippen molar-refractivity contribution in [2.24, 2.45) is 5.92 Å². The Balaban J connectivity index is 2.32. The van der Waals surface area contributed by atoms with E-state index in [9.17, 15) is 4.79 Å². The first-order valence-electron chi connectivity index (χ1n) is 4.82. The van der Waals surface area contributed by atoms with Crippen LogP contribution in [0.1, 0.15) is 6.42 Å². The predicted molar refractivity (Wildman–Crippen MR) is 67.3 cm³/mol. The Morgan fingerprint density at radius 3 is 2.47 bits per heavy atom. The van der Waals surface area contributed by atoms with E-state index in [4.69, 9.17) is 28.3 Å². The summed E-state index contributed by atoms with van der Waals surface area (Å²) in [6.07, 6.45) is 0.283. The Bertz CT molecular complexity index is 449. The highest BCUT2D eigenvalue weighted by molar-refractivity contribution is 9.10. The summed E-state index contributed by atoms with van der Waals surface area (Å²) in [4.78, 5) is 21.0. The second-order valence-corrected chi connectivity index (χ2v) is 5.19. The normalized spacial score (nSPS) is 20.1. The number of rotatable bonds is 2. The first kappa shape index (κ1) is 13.0. The van der Waals surface area contributed by atoms with Crippen LogP contribution < -0.4 is 4.90 Å². The zero-order valence-electron chi connectivity index (χ0n) is 8.53. The quantitative estimate of drug-likeness (QED) is 0.835. The van der Waals surface area contributed by atoms with Gasteiger partial charge in [0.25, 0.3) is 0 Å². The molecule has 2 heterocycles. The predicted octanol–water partition coefficient (Wildman–Crippen LogP) is 1.89. The zero-order chi connectivity index (χ0) is 12.6. The van der Waals surface area contributed by atoms with E-state index in [-0.39, 0.29) is 41.1 Å². The van der Waals surface area contributed by atoms with Crippen LogP contribution >= 0.6 is 39.1 Å². The summed E-state index contributed by atoms with van der Waals surface area (Å²) in [6.45, 7) is 0.337. The number of halogens is 3. The summed E-state index contributed by atoms with van der Waals surface area (Å²) in [5, 5.41) is 9.33. The third kappa shape index (κ3) is 2.54. The van der Waals surface area contributed by atoms with Crippen LogP contribution in [-0.4, -0.2) is 34.1 Å². The van der Waals surface area contributed by atoms with Gasteiger partial charge in [0.2, 0.25) is 11.9 Å². The molecular formula is C9H8BrCl2N3O2. The van der Waals surface area contributed by atoms with Crippen LogP contribution in [-0.2, 0) is 4.79 Å². The molecule has 1 aliphatic rings. The van der Waals surface area contributed by atoms with Gasteiger partial charge in [-0.25, -0.2) is 0 Å². The monoisotopic (exact) mass is 339 g/mol. The molecule has 92 valence electrons. The molecule has 2 rings (SSSR count). The molecule has 1 unspecified atom stereocenters. The smallest absolute Gasteiger partial charge is 0.235 e. The Labute approximate surface area is 116 Å². The number of aliphatic hydroxyl groups excluding tert-OH is 1. The molecule has 0 aromatic carbocycles. The molecule has 1 amide bonds. The Hall–Kier alpha value is -0.430. The molecule has 0 aliphatic carbocycles. The van der Waals surface area contributed by atoms with Crippen molar-refractivity contribution in [1.29, 1.82) is 0 Å². The lowest BCUT2D eigenvalue weighted by atomic mass is 10.1. The molecule has 5 nitrogen and oxygen atoms in total. The van der Waals surface area contributed by atoms with Gasteiger partial charge in [-0.3, -0.25) is 9.69 Å². The van der Waals surface area contributed by atoms with Gasteiger partial charge in [-0.2, -0.15) is 9.97 Å². The van der Waals surface area contributed by atoms with Gasteiger partial charge in [-0.1, -0.05) is 23.2 Å². The molecule has 1 N–H and O–H groups in total. The molecule has 0 spiro atoms. The lowest BCUT2D eigenvalue weighted by Gasteiger charge is -2.14. The number of carbonyl (C=O) groups is 1. The summed E-state index contributed by atoms with van der Waals surface area (Å²) in [7, 11) is 0. The van der Waals surface area contributed by atoms with Gasteiger partial charge in [0.05, 0.1) is 4.47 Å². The van der Waals surface area contributed by atoms with E-state index >= 15 is 0 Å². The van der Waals surface area contributed by atoms with Crippen molar-refractivity contribution < 1.29 is 9.90 Å². The molecule has 1 fully saturated rings. The molecule has 17 heavy (non-hydrogen) atoms. The van der Waals surface area contributed by atoms with Gasteiger partial charge in [0.15, 0.2) is 0 Å². The average Bonchev–Trinajstić information content (AvgIpc) is 2.67. The maximum atomic E-state index is 11.7. The van der Waals surface area contributed by atoms with E-state index in [0.29, 0.717) is 11.0 Å². The minimum atomic E-state index is -0.140. The number of aromatic nitrogens is 2. The molecule has 8 heteroatoms. The fourth-order valence-corrected chi connectivity index (χ4v) is 2.16. The Kier molecular flexibility index (Phi) is 3.87. The van der Waals surface area contributed by atoms with E-state index in [1.54, 1.807) is 0 Å². The summed E-state index contributed by atoms with van der Waals surface area (Å²) < 4.78 is 0.398. The van der Waals surface area contributed by atoms with Crippen molar-refractivity contribution in [3.05, 3.63) is 14.8 Å². The summed E-state index contributed by atoms with van der Waals surface area (Å²) in [5.41, 5.74) is 0. The first-order chi connectivity index (χ1) is 8.02. The molecule has 1 aliphatic heterocycles. The van der Waals surface area contributed by atoms with Gasteiger partial charge >= 0.3 is 0 Å². The van der Waals surface area contributed by atoms with Crippen LogP contribution in [0.25, 0.3) is 0 Å². The van der Waals surface area contributed by atoms with Crippen LogP contribution in [0.3, 0.4) is 0 Å². The van der Waals surface area contributed by atoms with Gasteiger partial charge in [-0.05, 0) is 15.9 Å². The number of anilines is 1. The number of hydrogen-bond donors (Lipinski definition) is 1. The van der Waals surface area contributed by atoms with Gasteiger partial charge in [-0.15, -0.1) is 0 Å². The molecule has 0 saturated carbocycles. The van der Waals surface area contributed by atoms with Crippen molar-refractivity contribution in [1.82, 2.24) is 9.97 Å². The minimum absolute atomic E-state index is 0.0414. The summed E-state index contributed by atoms with van der Waals surface area (Å²) in [6, 6.07) is 0. The van der Waals surface area contributed by atoms with Crippen LogP contribution in [0.5, 0.6) is 0 Å². The summed E-state index contributed by atoms with van der Waals surface area (Å²) in [5.74, 6) is -0.0602. The molecular weight excluding hydrogens is 333 g/mol. The van der Waals surface area contributed by atoms with Crippen molar-refractivity contribution in [2.75, 3.05) is 18.1 Å². The van der Waals surface area contributed by atoms with Gasteiger partial charge in [0, 0.05) is 25.5 Å². The van der Waals surface area contributed by atoms with Crippen LogP contribution in [0, 0.1) is 5.92 Å². The number of hydrogen-bond acceptors (Lipinski definition) is 4.